The summed E-state index contributed by atoms with van der Waals surface area (Å²) in [6.07, 6.45) is 5.78. The molecule has 148 valence electrons. The zero-order valence-electron chi connectivity index (χ0n) is 15.1. The lowest BCUT2D eigenvalue weighted by molar-refractivity contribution is 0.0138. The van der Waals surface area contributed by atoms with Gasteiger partial charge in [0.25, 0.3) is 5.92 Å². The van der Waals surface area contributed by atoms with Crippen molar-refractivity contribution in [3.8, 4) is 6.01 Å². The molecule has 0 radical (unpaired) electrons. The zero-order chi connectivity index (χ0) is 20.1. The van der Waals surface area contributed by atoms with Crippen molar-refractivity contribution in [1.29, 1.82) is 5.53 Å². The Morgan fingerprint density at radius 1 is 1.36 bits per heavy atom. The Hall–Kier alpha value is -3.17. The molecule has 7 nitrogen and oxygen atoms in total. The van der Waals surface area contributed by atoms with E-state index in [1.807, 2.05) is 0 Å². The smallest absolute Gasteiger partial charge is 0.316 e. The molecule has 0 atom stereocenters. The maximum atomic E-state index is 13.5. The van der Waals surface area contributed by atoms with Crippen LogP contribution in [0.5, 0.6) is 6.01 Å². The Kier molecular flexibility index (Phi) is 5.76. The average Bonchev–Trinajstić information content (AvgIpc) is 2.62. The van der Waals surface area contributed by atoms with E-state index in [0.717, 1.165) is 37.3 Å². The van der Waals surface area contributed by atoms with Gasteiger partial charge in [-0.2, -0.15) is 5.11 Å². The summed E-state index contributed by atoms with van der Waals surface area (Å²) < 4.78 is 45.7. The van der Waals surface area contributed by atoms with Crippen LogP contribution in [-0.2, 0) is 5.92 Å². The normalized spacial score (nSPS) is 14.4. The predicted octanol–water partition coefficient (Wildman–Crippen LogP) is 4.30. The van der Waals surface area contributed by atoms with E-state index in [1.165, 1.54) is 12.3 Å². The minimum atomic E-state index is -3.31. The van der Waals surface area contributed by atoms with Crippen molar-refractivity contribution in [1.82, 2.24) is 9.97 Å². The Balaban J connectivity index is 1.60. The molecule has 3 rings (SSSR count). The van der Waals surface area contributed by atoms with Crippen LogP contribution < -0.4 is 15.0 Å². The summed E-state index contributed by atoms with van der Waals surface area (Å²) in [6.45, 7) is 2.48. The number of nitrogens with zero attached hydrogens (tertiary/aromatic N) is 4. The maximum Gasteiger partial charge on any atom is 0.316 e. The average molecular weight is 392 g/mol. The number of anilines is 2. The topological polar surface area (TPSA) is 86.5 Å². The van der Waals surface area contributed by atoms with E-state index in [4.69, 9.17) is 10.3 Å². The molecule has 1 aromatic carbocycles. The fourth-order valence-electron chi connectivity index (χ4n) is 2.48. The van der Waals surface area contributed by atoms with Gasteiger partial charge in [0.05, 0.1) is 23.6 Å². The van der Waals surface area contributed by atoms with Gasteiger partial charge in [0.2, 0.25) is 0 Å². The first-order chi connectivity index (χ1) is 13.4. The van der Waals surface area contributed by atoms with E-state index in [1.54, 1.807) is 12.4 Å². The van der Waals surface area contributed by atoms with Crippen molar-refractivity contribution >= 4 is 11.4 Å². The van der Waals surface area contributed by atoms with Gasteiger partial charge in [-0.1, -0.05) is 0 Å². The highest BCUT2D eigenvalue weighted by molar-refractivity contribution is 5.49. The summed E-state index contributed by atoms with van der Waals surface area (Å²) in [5, 5.41) is 6.02. The number of alkyl halides is 2. The molecule has 2 N–H and O–H groups in total. The van der Waals surface area contributed by atoms with Gasteiger partial charge in [-0.3, -0.25) is 0 Å². The van der Waals surface area contributed by atoms with Crippen LogP contribution in [0, 0.1) is 11.3 Å². The van der Waals surface area contributed by atoms with Crippen LogP contribution in [0.1, 0.15) is 18.9 Å². The molecule has 2 heterocycles. The molecule has 0 amide bonds. The molecule has 2 aromatic rings. The third kappa shape index (κ3) is 4.76. The van der Waals surface area contributed by atoms with Gasteiger partial charge in [0, 0.05) is 31.9 Å². The van der Waals surface area contributed by atoms with Gasteiger partial charge in [-0.15, -0.1) is 0 Å². The molecule has 1 aromatic heterocycles. The van der Waals surface area contributed by atoms with Crippen LogP contribution in [0.4, 0.5) is 24.5 Å². The minimum absolute atomic E-state index is 0.0997. The Bertz CT molecular complexity index is 863. The van der Waals surface area contributed by atoms with Crippen LogP contribution in [0.3, 0.4) is 0 Å². The van der Waals surface area contributed by atoms with Crippen molar-refractivity contribution in [2.24, 2.45) is 5.11 Å². The summed E-state index contributed by atoms with van der Waals surface area (Å²) in [7, 11) is 0. The number of hydrogen-bond donors (Lipinski definition) is 2. The van der Waals surface area contributed by atoms with Crippen LogP contribution in [0.2, 0.25) is 0 Å². The second-order valence-corrected chi connectivity index (χ2v) is 6.33. The van der Waals surface area contributed by atoms with Crippen LogP contribution in [0.25, 0.3) is 0 Å². The molecule has 0 spiro atoms. The lowest BCUT2D eigenvalue weighted by atomic mass is 10.1. The molecular formula is C18H19F3N6O. The molecule has 0 unspecified atom stereocenters. The largest absolute Gasteiger partial charge is 0.457 e. The molecule has 0 saturated carbocycles. The molecule has 28 heavy (non-hydrogen) atoms. The maximum absolute atomic E-state index is 13.5. The summed E-state index contributed by atoms with van der Waals surface area (Å²) in [6, 6.07) is 3.39. The van der Waals surface area contributed by atoms with E-state index in [0.29, 0.717) is 6.92 Å². The second-order valence-electron chi connectivity index (χ2n) is 6.33. The first kappa shape index (κ1) is 19.6. The first-order valence-corrected chi connectivity index (χ1v) is 8.57. The third-order valence-corrected chi connectivity index (χ3v) is 4.17. The summed E-state index contributed by atoms with van der Waals surface area (Å²) in [5.41, 5.74) is 7.80. The van der Waals surface area contributed by atoms with Crippen molar-refractivity contribution in [3.05, 3.63) is 53.9 Å². The lowest BCUT2D eigenvalue weighted by Crippen LogP contribution is -2.37. The quantitative estimate of drug-likeness (QED) is 0.654. The number of halogens is 3. The van der Waals surface area contributed by atoms with E-state index in [2.05, 4.69) is 25.3 Å². The molecule has 1 saturated heterocycles. The Morgan fingerprint density at radius 3 is 2.64 bits per heavy atom. The molecule has 1 fully saturated rings. The number of benzene rings is 1. The van der Waals surface area contributed by atoms with Crippen molar-refractivity contribution in [2.75, 3.05) is 29.9 Å². The van der Waals surface area contributed by atoms with Gasteiger partial charge in [-0.05, 0) is 24.6 Å². The molecule has 0 aliphatic carbocycles. The highest BCUT2D eigenvalue weighted by Crippen LogP contribution is 2.31. The second kappa shape index (κ2) is 8.24. The fraction of sp³-hybridized carbons (Fsp3) is 0.333. The number of aromatic nitrogens is 2. The van der Waals surface area contributed by atoms with Crippen LogP contribution in [-0.4, -0.2) is 29.7 Å². The standard InChI is InChI=1S/C18H19F3N6O/c1-18(20,21)15-7-12(3-4-16(15)19)23-8-13(26-22)11-28-17-24-9-14(10-25-17)27-5-2-6-27/h3-4,7-10,22-23H,2,5-6,11H2,1H3/b13-8-,26-22?. The molecular weight excluding hydrogens is 373 g/mol. The Labute approximate surface area is 159 Å². The van der Waals surface area contributed by atoms with E-state index < -0.39 is 17.3 Å². The number of hydrogen-bond acceptors (Lipinski definition) is 7. The summed E-state index contributed by atoms with van der Waals surface area (Å²) in [5.74, 6) is -4.30. The van der Waals surface area contributed by atoms with Gasteiger partial charge in [0.1, 0.15) is 18.1 Å². The lowest BCUT2D eigenvalue weighted by Gasteiger charge is -2.32. The highest BCUT2D eigenvalue weighted by atomic mass is 19.3. The van der Waals surface area contributed by atoms with E-state index >= 15 is 0 Å². The van der Waals surface area contributed by atoms with Crippen LogP contribution in [0.15, 0.2) is 47.6 Å². The van der Waals surface area contributed by atoms with Gasteiger partial charge >= 0.3 is 6.01 Å². The SMILES string of the molecule is CC(F)(F)c1cc(N/C=C(/COc2ncc(N3CCC3)cn2)N=N)ccc1F. The molecule has 0 bridgehead atoms. The van der Waals surface area contributed by atoms with Crippen molar-refractivity contribution in [2.45, 2.75) is 19.3 Å². The van der Waals surface area contributed by atoms with E-state index in [-0.39, 0.29) is 24.0 Å². The number of ether oxygens (including phenoxy) is 1. The first-order valence-electron chi connectivity index (χ1n) is 8.57. The number of nitrogens with one attached hydrogen (secondary N) is 2. The van der Waals surface area contributed by atoms with Gasteiger partial charge in [0.15, 0.2) is 0 Å². The molecule has 10 heteroatoms. The third-order valence-electron chi connectivity index (χ3n) is 4.17. The van der Waals surface area contributed by atoms with Gasteiger partial charge in [-0.25, -0.2) is 28.7 Å². The van der Waals surface area contributed by atoms with Crippen molar-refractivity contribution in [3.63, 3.8) is 0 Å². The monoisotopic (exact) mass is 392 g/mol. The zero-order valence-corrected chi connectivity index (χ0v) is 15.1. The van der Waals surface area contributed by atoms with Crippen LogP contribution >= 0.6 is 0 Å². The Morgan fingerprint density at radius 2 is 2.07 bits per heavy atom. The van der Waals surface area contributed by atoms with Crippen molar-refractivity contribution < 1.29 is 17.9 Å². The number of rotatable bonds is 8. The molecule has 1 aliphatic heterocycles. The predicted molar refractivity (Wildman–Crippen MR) is 97.2 cm³/mol. The minimum Gasteiger partial charge on any atom is -0.457 e. The van der Waals surface area contributed by atoms with E-state index in [9.17, 15) is 13.2 Å². The summed E-state index contributed by atoms with van der Waals surface area (Å²) in [4.78, 5) is 10.3. The highest BCUT2D eigenvalue weighted by Gasteiger charge is 2.28. The van der Waals surface area contributed by atoms with Gasteiger partial charge < -0.3 is 15.0 Å². The molecule has 1 aliphatic rings. The fourth-order valence-corrected chi connectivity index (χ4v) is 2.48. The summed E-state index contributed by atoms with van der Waals surface area (Å²) >= 11 is 0.